The molecular formula is C14H24N2O4. The second-order valence-corrected chi connectivity index (χ2v) is 5.69. The number of hydrogen-bond acceptors (Lipinski definition) is 3. The van der Waals surface area contributed by atoms with Crippen LogP contribution < -0.4 is 0 Å². The first-order valence-electron chi connectivity index (χ1n) is 7.46. The molecule has 2 rings (SSSR count). The maximum Gasteiger partial charge on any atom is 0.320 e. The van der Waals surface area contributed by atoms with Gasteiger partial charge in [0.15, 0.2) is 0 Å². The number of carboxylic acid groups (broad SMARTS) is 1. The van der Waals surface area contributed by atoms with E-state index >= 15 is 0 Å². The third kappa shape index (κ3) is 3.62. The van der Waals surface area contributed by atoms with Crippen molar-refractivity contribution in [1.82, 2.24) is 9.80 Å². The van der Waals surface area contributed by atoms with Crippen LogP contribution >= 0.6 is 0 Å². The molecule has 2 aliphatic heterocycles. The van der Waals surface area contributed by atoms with Gasteiger partial charge in [0.1, 0.15) is 0 Å². The molecule has 2 aliphatic rings. The zero-order chi connectivity index (χ0) is 14.5. The highest BCUT2D eigenvalue weighted by molar-refractivity contribution is 5.76. The molecule has 114 valence electrons. The number of hydrogen-bond donors (Lipinski definition) is 1. The van der Waals surface area contributed by atoms with E-state index in [0.717, 1.165) is 32.2 Å². The quantitative estimate of drug-likeness (QED) is 0.835. The summed E-state index contributed by atoms with van der Waals surface area (Å²) in [5, 5.41) is 8.97. The van der Waals surface area contributed by atoms with E-state index in [2.05, 4.69) is 6.92 Å². The number of carbonyl (C=O) groups is 2. The molecule has 20 heavy (non-hydrogen) atoms. The fourth-order valence-electron chi connectivity index (χ4n) is 3.00. The molecule has 0 aromatic heterocycles. The predicted molar refractivity (Wildman–Crippen MR) is 73.6 cm³/mol. The van der Waals surface area contributed by atoms with Crippen molar-refractivity contribution in [2.75, 3.05) is 26.3 Å². The Morgan fingerprint density at radius 1 is 1.20 bits per heavy atom. The molecule has 2 atom stereocenters. The Kier molecular flexibility index (Phi) is 5.23. The number of likely N-dealkylation sites (tertiary alicyclic amines) is 1. The summed E-state index contributed by atoms with van der Waals surface area (Å²) < 4.78 is 5.33. The summed E-state index contributed by atoms with van der Waals surface area (Å²) in [6.45, 7) is 4.15. The van der Waals surface area contributed by atoms with E-state index in [1.54, 1.807) is 4.90 Å². The van der Waals surface area contributed by atoms with E-state index in [1.807, 2.05) is 4.90 Å². The summed E-state index contributed by atoms with van der Waals surface area (Å²) in [5.74, 6) is -0.887. The van der Waals surface area contributed by atoms with Gasteiger partial charge >= 0.3 is 12.0 Å². The molecule has 2 amide bonds. The smallest absolute Gasteiger partial charge is 0.320 e. The molecule has 2 saturated heterocycles. The minimum Gasteiger partial charge on any atom is -0.481 e. The minimum atomic E-state index is -0.887. The van der Waals surface area contributed by atoms with Gasteiger partial charge in [0.05, 0.1) is 25.7 Å². The molecule has 6 heteroatoms. The first kappa shape index (κ1) is 15.1. The van der Waals surface area contributed by atoms with Gasteiger partial charge in [-0.3, -0.25) is 4.79 Å². The molecule has 0 aromatic rings. The number of carboxylic acids is 1. The lowest BCUT2D eigenvalue weighted by atomic mass is 10.1. The molecule has 2 heterocycles. The zero-order valence-electron chi connectivity index (χ0n) is 12.1. The average molecular weight is 284 g/mol. The van der Waals surface area contributed by atoms with Crippen molar-refractivity contribution in [3.8, 4) is 0 Å². The third-order valence-corrected chi connectivity index (χ3v) is 4.18. The number of morpholine rings is 1. The number of ether oxygens (including phenoxy) is 1. The van der Waals surface area contributed by atoms with E-state index in [0.29, 0.717) is 19.8 Å². The van der Waals surface area contributed by atoms with Gasteiger partial charge in [-0.25, -0.2) is 4.79 Å². The Hall–Kier alpha value is -1.30. The second-order valence-electron chi connectivity index (χ2n) is 5.69. The van der Waals surface area contributed by atoms with Crippen molar-refractivity contribution in [1.29, 1.82) is 0 Å². The highest BCUT2D eigenvalue weighted by Gasteiger charge is 2.33. The molecule has 2 fully saturated rings. The lowest BCUT2D eigenvalue weighted by molar-refractivity contribution is -0.139. The Labute approximate surface area is 119 Å². The second kappa shape index (κ2) is 6.92. The first-order valence-corrected chi connectivity index (χ1v) is 7.46. The summed E-state index contributed by atoms with van der Waals surface area (Å²) in [6.07, 6.45) is 4.33. The number of aliphatic carboxylic acids is 1. The summed E-state index contributed by atoms with van der Waals surface area (Å²) in [6, 6.07) is -0.128. The van der Waals surface area contributed by atoms with Crippen molar-refractivity contribution in [2.45, 2.75) is 51.1 Å². The van der Waals surface area contributed by atoms with Crippen molar-refractivity contribution in [3.63, 3.8) is 0 Å². The molecule has 0 aromatic carbocycles. The Morgan fingerprint density at radius 3 is 2.75 bits per heavy atom. The number of carbonyl (C=O) groups excluding carboxylic acids is 1. The molecule has 0 spiro atoms. The molecule has 0 saturated carbocycles. The van der Waals surface area contributed by atoms with Crippen LogP contribution in [0.15, 0.2) is 0 Å². The minimum absolute atomic E-state index is 0.0195. The van der Waals surface area contributed by atoms with Crippen LogP contribution in [0.25, 0.3) is 0 Å². The predicted octanol–water partition coefficient (Wildman–Crippen LogP) is 1.55. The summed E-state index contributed by atoms with van der Waals surface area (Å²) in [5.41, 5.74) is 0. The van der Waals surface area contributed by atoms with Crippen LogP contribution in [-0.4, -0.2) is 65.3 Å². The summed E-state index contributed by atoms with van der Waals surface area (Å²) in [4.78, 5) is 27.2. The van der Waals surface area contributed by atoms with E-state index in [4.69, 9.17) is 9.84 Å². The van der Waals surface area contributed by atoms with E-state index in [9.17, 15) is 9.59 Å². The lowest BCUT2D eigenvalue weighted by Gasteiger charge is -2.39. The standard InChI is InChI=1S/C14H24N2O4/c1-11-5-3-2-4-6-15(11)14(19)16-7-8-20-10-12(16)9-13(17)18/h11-12H,2-10H2,1H3,(H,17,18). The highest BCUT2D eigenvalue weighted by atomic mass is 16.5. The van der Waals surface area contributed by atoms with Crippen LogP contribution in [0.3, 0.4) is 0 Å². The molecule has 0 aliphatic carbocycles. The van der Waals surface area contributed by atoms with Gasteiger partial charge in [-0.05, 0) is 19.8 Å². The van der Waals surface area contributed by atoms with Crippen LogP contribution in [0.2, 0.25) is 0 Å². The fraction of sp³-hybridized carbons (Fsp3) is 0.857. The van der Waals surface area contributed by atoms with Crippen LogP contribution in [0.4, 0.5) is 4.79 Å². The molecule has 2 unspecified atom stereocenters. The van der Waals surface area contributed by atoms with Crippen molar-refractivity contribution in [3.05, 3.63) is 0 Å². The van der Waals surface area contributed by atoms with Gasteiger partial charge < -0.3 is 19.6 Å². The Bertz CT molecular complexity index is 361. The third-order valence-electron chi connectivity index (χ3n) is 4.18. The van der Waals surface area contributed by atoms with Crippen molar-refractivity contribution in [2.24, 2.45) is 0 Å². The number of urea groups is 1. The van der Waals surface area contributed by atoms with Crippen molar-refractivity contribution < 1.29 is 19.4 Å². The van der Waals surface area contributed by atoms with Crippen LogP contribution in [-0.2, 0) is 9.53 Å². The number of nitrogens with zero attached hydrogens (tertiary/aromatic N) is 2. The van der Waals surface area contributed by atoms with Crippen LogP contribution in [0.1, 0.15) is 39.0 Å². The topological polar surface area (TPSA) is 70.1 Å². The first-order chi connectivity index (χ1) is 9.59. The lowest BCUT2D eigenvalue weighted by Crippen LogP contribution is -2.55. The van der Waals surface area contributed by atoms with Gasteiger partial charge in [-0.1, -0.05) is 12.8 Å². The molecule has 0 bridgehead atoms. The van der Waals surface area contributed by atoms with Gasteiger partial charge in [0, 0.05) is 19.1 Å². The van der Waals surface area contributed by atoms with E-state index in [-0.39, 0.29) is 24.5 Å². The highest BCUT2D eigenvalue weighted by Crippen LogP contribution is 2.20. The van der Waals surface area contributed by atoms with Crippen molar-refractivity contribution >= 4 is 12.0 Å². The van der Waals surface area contributed by atoms with Crippen LogP contribution in [0.5, 0.6) is 0 Å². The zero-order valence-corrected chi connectivity index (χ0v) is 12.1. The SMILES string of the molecule is CC1CCCCCN1C(=O)N1CCOCC1CC(=O)O. The molecule has 6 nitrogen and oxygen atoms in total. The fourth-order valence-corrected chi connectivity index (χ4v) is 3.00. The Balaban J connectivity index is 2.05. The average Bonchev–Trinajstić information content (AvgIpc) is 2.62. The summed E-state index contributed by atoms with van der Waals surface area (Å²) in [7, 11) is 0. The largest absolute Gasteiger partial charge is 0.481 e. The van der Waals surface area contributed by atoms with Crippen LogP contribution in [0, 0.1) is 0 Å². The Morgan fingerprint density at radius 2 is 2.00 bits per heavy atom. The molecule has 0 radical (unpaired) electrons. The van der Waals surface area contributed by atoms with Gasteiger partial charge in [0.2, 0.25) is 0 Å². The van der Waals surface area contributed by atoms with E-state index in [1.165, 1.54) is 0 Å². The summed E-state index contributed by atoms with van der Waals surface area (Å²) >= 11 is 0. The van der Waals surface area contributed by atoms with Gasteiger partial charge in [-0.2, -0.15) is 0 Å². The number of amides is 2. The monoisotopic (exact) mass is 284 g/mol. The van der Waals surface area contributed by atoms with Gasteiger partial charge in [0.25, 0.3) is 0 Å². The van der Waals surface area contributed by atoms with E-state index < -0.39 is 5.97 Å². The molecule has 1 N–H and O–H groups in total. The number of rotatable bonds is 2. The maximum atomic E-state index is 12.7. The van der Waals surface area contributed by atoms with Gasteiger partial charge in [-0.15, -0.1) is 0 Å². The maximum absolute atomic E-state index is 12.7. The normalized spacial score (nSPS) is 28.1. The molecular weight excluding hydrogens is 260 g/mol.